The largest absolute Gasteiger partial charge is 0.456 e. The lowest BCUT2D eigenvalue weighted by Gasteiger charge is -2.04. The highest BCUT2D eigenvalue weighted by atomic mass is 35.5. The van der Waals surface area contributed by atoms with Crippen LogP contribution in [0.3, 0.4) is 0 Å². The summed E-state index contributed by atoms with van der Waals surface area (Å²) in [7, 11) is 0. The van der Waals surface area contributed by atoms with Crippen LogP contribution in [0, 0.1) is 13.8 Å². The molecule has 7 heteroatoms. The highest BCUT2D eigenvalue weighted by Gasteiger charge is 2.15. The van der Waals surface area contributed by atoms with E-state index >= 15 is 0 Å². The van der Waals surface area contributed by atoms with Gasteiger partial charge in [-0.2, -0.15) is 0 Å². The molecular weight excluding hydrogens is 351 g/mol. The van der Waals surface area contributed by atoms with Crippen LogP contribution in [0.25, 0.3) is 0 Å². The molecule has 124 valence electrons. The summed E-state index contributed by atoms with van der Waals surface area (Å²) in [6, 6.07) is 8.19. The van der Waals surface area contributed by atoms with E-state index in [1.165, 1.54) is 0 Å². The Morgan fingerprint density at radius 3 is 2.50 bits per heavy atom. The van der Waals surface area contributed by atoms with Gasteiger partial charge in [0.25, 0.3) is 5.91 Å². The monoisotopic (exact) mass is 364 g/mol. The molecule has 1 amide bonds. The Kier molecular flexibility index (Phi) is 4.64. The third kappa shape index (κ3) is 3.63. The maximum Gasteiger partial charge on any atom is 0.291 e. The van der Waals surface area contributed by atoms with Crippen LogP contribution in [-0.4, -0.2) is 11.1 Å². The van der Waals surface area contributed by atoms with Crippen molar-refractivity contribution in [1.82, 2.24) is 5.16 Å². The zero-order valence-corrected chi connectivity index (χ0v) is 14.5. The van der Waals surface area contributed by atoms with Crippen LogP contribution in [0.15, 0.2) is 39.3 Å². The molecule has 0 aliphatic heterocycles. The summed E-state index contributed by atoms with van der Waals surface area (Å²) in [6.07, 6.45) is 0.511. The maximum atomic E-state index is 12.3. The zero-order valence-electron chi connectivity index (χ0n) is 13.0. The summed E-state index contributed by atoms with van der Waals surface area (Å²) in [5.74, 6) is 1.22. The molecule has 1 aromatic carbocycles. The molecule has 0 saturated heterocycles. The zero-order chi connectivity index (χ0) is 17.3. The Morgan fingerprint density at radius 1 is 1.17 bits per heavy atom. The number of aromatic nitrogens is 1. The third-order valence-corrected chi connectivity index (χ3v) is 3.97. The molecule has 0 bridgehead atoms. The Balaban J connectivity index is 1.74. The minimum absolute atomic E-state index is 0.202. The standard InChI is InChI=1S/C17H14Cl2N2O3/c1-9-15(10(2)24-21-9)8-14-3-4-16(23-14)17(22)20-13-6-11(18)5-12(19)7-13/h3-7H,8H2,1-2H3,(H,20,22). The van der Waals surface area contributed by atoms with Gasteiger partial charge in [-0.1, -0.05) is 28.4 Å². The molecule has 2 aromatic heterocycles. The summed E-state index contributed by atoms with van der Waals surface area (Å²) in [5, 5.41) is 7.49. The van der Waals surface area contributed by atoms with E-state index in [0.717, 1.165) is 17.0 Å². The molecule has 0 radical (unpaired) electrons. The molecule has 2 heterocycles. The molecule has 1 N–H and O–H groups in total. The number of benzene rings is 1. The molecule has 24 heavy (non-hydrogen) atoms. The van der Waals surface area contributed by atoms with E-state index in [4.69, 9.17) is 32.1 Å². The predicted octanol–water partition coefficient (Wildman–Crippen LogP) is 5.03. The molecule has 3 aromatic rings. The molecule has 0 atom stereocenters. The van der Waals surface area contributed by atoms with Crippen LogP contribution in [0.2, 0.25) is 10.0 Å². The van der Waals surface area contributed by atoms with E-state index < -0.39 is 0 Å². The average Bonchev–Trinajstić information content (AvgIpc) is 3.08. The fourth-order valence-electron chi connectivity index (χ4n) is 2.34. The summed E-state index contributed by atoms with van der Waals surface area (Å²) in [6.45, 7) is 3.71. The van der Waals surface area contributed by atoms with Crippen LogP contribution >= 0.6 is 23.2 Å². The quantitative estimate of drug-likeness (QED) is 0.704. The van der Waals surface area contributed by atoms with Gasteiger partial charge in [-0.15, -0.1) is 0 Å². The van der Waals surface area contributed by atoms with E-state index in [2.05, 4.69) is 10.5 Å². The topological polar surface area (TPSA) is 68.3 Å². The van der Waals surface area contributed by atoms with Crippen LogP contribution < -0.4 is 5.32 Å². The molecule has 3 rings (SSSR count). The summed E-state index contributed by atoms with van der Waals surface area (Å²) < 4.78 is 10.7. The van der Waals surface area contributed by atoms with Crippen LogP contribution in [0.5, 0.6) is 0 Å². The Hall–Kier alpha value is -2.24. The number of rotatable bonds is 4. The highest BCUT2D eigenvalue weighted by Crippen LogP contribution is 2.24. The molecule has 0 fully saturated rings. The number of halogens is 2. The van der Waals surface area contributed by atoms with Crippen molar-refractivity contribution < 1.29 is 13.7 Å². The number of hydrogen-bond acceptors (Lipinski definition) is 4. The average molecular weight is 365 g/mol. The van der Waals surface area contributed by atoms with Crippen molar-refractivity contribution in [2.75, 3.05) is 5.32 Å². The van der Waals surface area contributed by atoms with Gasteiger partial charge in [-0.3, -0.25) is 4.79 Å². The highest BCUT2D eigenvalue weighted by molar-refractivity contribution is 6.35. The summed E-state index contributed by atoms with van der Waals surface area (Å²) in [5.41, 5.74) is 2.27. The van der Waals surface area contributed by atoms with Crippen molar-refractivity contribution in [2.24, 2.45) is 0 Å². The molecule has 0 aliphatic rings. The Morgan fingerprint density at radius 2 is 1.88 bits per heavy atom. The van der Waals surface area contributed by atoms with Gasteiger partial charge in [0, 0.05) is 27.7 Å². The molecule has 5 nitrogen and oxygen atoms in total. The maximum absolute atomic E-state index is 12.3. The number of aryl methyl sites for hydroxylation is 2. The number of carbonyl (C=O) groups is 1. The predicted molar refractivity (Wildman–Crippen MR) is 91.9 cm³/mol. The Labute approximate surface area is 148 Å². The lowest BCUT2D eigenvalue weighted by atomic mass is 10.1. The normalized spacial score (nSPS) is 10.8. The fourth-order valence-corrected chi connectivity index (χ4v) is 2.87. The van der Waals surface area contributed by atoms with Gasteiger partial charge in [-0.25, -0.2) is 0 Å². The van der Waals surface area contributed by atoms with Crippen LogP contribution in [0.1, 0.15) is 33.3 Å². The molecule has 0 unspecified atom stereocenters. The van der Waals surface area contributed by atoms with Crippen molar-refractivity contribution >= 4 is 34.8 Å². The van der Waals surface area contributed by atoms with E-state index in [1.54, 1.807) is 30.3 Å². The van der Waals surface area contributed by atoms with E-state index in [-0.39, 0.29) is 11.7 Å². The second-order valence-electron chi connectivity index (χ2n) is 5.36. The smallest absolute Gasteiger partial charge is 0.291 e. The number of hydrogen-bond donors (Lipinski definition) is 1. The lowest BCUT2D eigenvalue weighted by Crippen LogP contribution is -2.10. The SMILES string of the molecule is Cc1noc(C)c1Cc1ccc(C(=O)Nc2cc(Cl)cc(Cl)c2)o1. The number of nitrogens with one attached hydrogen (secondary N) is 1. The molecule has 0 saturated carbocycles. The van der Waals surface area contributed by atoms with Crippen molar-refractivity contribution in [3.63, 3.8) is 0 Å². The minimum atomic E-state index is -0.377. The first-order valence-electron chi connectivity index (χ1n) is 7.20. The van der Waals surface area contributed by atoms with Crippen LogP contribution in [-0.2, 0) is 6.42 Å². The van der Waals surface area contributed by atoms with Gasteiger partial charge in [0.15, 0.2) is 5.76 Å². The van der Waals surface area contributed by atoms with E-state index in [9.17, 15) is 4.79 Å². The van der Waals surface area contributed by atoms with E-state index in [0.29, 0.717) is 27.9 Å². The van der Waals surface area contributed by atoms with Gasteiger partial charge < -0.3 is 14.3 Å². The summed E-state index contributed by atoms with van der Waals surface area (Å²) in [4.78, 5) is 12.3. The Bertz CT molecular complexity index is 859. The second kappa shape index (κ2) is 6.71. The third-order valence-electron chi connectivity index (χ3n) is 3.54. The first kappa shape index (κ1) is 16.6. The number of nitrogens with zero attached hydrogens (tertiary/aromatic N) is 1. The van der Waals surface area contributed by atoms with Gasteiger partial charge in [0.1, 0.15) is 11.5 Å². The van der Waals surface area contributed by atoms with E-state index in [1.807, 2.05) is 13.8 Å². The number of amides is 1. The first-order valence-corrected chi connectivity index (χ1v) is 7.96. The first-order chi connectivity index (χ1) is 11.4. The fraction of sp³-hybridized carbons (Fsp3) is 0.176. The van der Waals surface area contributed by atoms with Gasteiger partial charge in [-0.05, 0) is 44.2 Å². The molecule has 0 spiro atoms. The number of anilines is 1. The van der Waals surface area contributed by atoms with Crippen LogP contribution in [0.4, 0.5) is 5.69 Å². The van der Waals surface area contributed by atoms with Crippen molar-refractivity contribution in [1.29, 1.82) is 0 Å². The number of carbonyl (C=O) groups excluding carboxylic acids is 1. The van der Waals surface area contributed by atoms with Crippen molar-refractivity contribution in [3.05, 3.63) is 68.9 Å². The van der Waals surface area contributed by atoms with Crippen molar-refractivity contribution in [3.8, 4) is 0 Å². The molecule has 0 aliphatic carbocycles. The summed E-state index contributed by atoms with van der Waals surface area (Å²) >= 11 is 11.8. The lowest BCUT2D eigenvalue weighted by molar-refractivity contribution is 0.0995. The number of furan rings is 1. The second-order valence-corrected chi connectivity index (χ2v) is 6.23. The van der Waals surface area contributed by atoms with Gasteiger partial charge >= 0.3 is 0 Å². The van der Waals surface area contributed by atoms with Crippen molar-refractivity contribution in [2.45, 2.75) is 20.3 Å². The van der Waals surface area contributed by atoms with Gasteiger partial charge in [0.05, 0.1) is 5.69 Å². The van der Waals surface area contributed by atoms with Gasteiger partial charge in [0.2, 0.25) is 0 Å². The minimum Gasteiger partial charge on any atom is -0.456 e. The molecular formula is C17H14Cl2N2O3.